The Kier molecular flexibility index (Phi) is 16.7. The number of hydrogen-bond donors (Lipinski definition) is 2. The number of nitrogens with one attached hydrogen (secondary N) is 1. The second-order valence-electron chi connectivity index (χ2n) is 18.4. The van der Waals surface area contributed by atoms with Crippen LogP contribution in [0.2, 0.25) is 5.02 Å². The average molecular weight is 982 g/mol. The fourth-order valence-corrected chi connectivity index (χ4v) is 10.9. The van der Waals surface area contributed by atoms with E-state index >= 15 is 0 Å². The molecule has 0 aliphatic carbocycles. The van der Waals surface area contributed by atoms with Gasteiger partial charge in [0.15, 0.2) is 5.72 Å². The number of ether oxygens (including phenoxy) is 5. The van der Waals surface area contributed by atoms with Crippen LogP contribution >= 0.6 is 33.2 Å². The SMILES string of the molecule is COc1cc2cc(c1Cl)N(C)C(=O)C[C@H](OC(=O)[C@H](C)N(C)C(=O)CCC(C)(C)SSCC(=O)ON1C(=O)CCC1=O)[C@]1(C)O[C@H]1C(C)(C)[C@@H]1C[C@@](O)(NC(=O)O1)[C@H](OC)/C=C/C=C(\C)C2. The Labute approximate surface area is 398 Å². The van der Waals surface area contributed by atoms with Crippen LogP contribution in [0.1, 0.15) is 92.6 Å². The molecule has 5 rings (SSSR count). The molecule has 1 aromatic rings. The summed E-state index contributed by atoms with van der Waals surface area (Å²) < 4.78 is 29.1. The van der Waals surface area contributed by atoms with Gasteiger partial charge in [-0.2, -0.15) is 0 Å². The van der Waals surface area contributed by atoms with E-state index in [9.17, 15) is 38.7 Å². The van der Waals surface area contributed by atoms with Crippen molar-refractivity contribution in [3.8, 4) is 5.75 Å². The van der Waals surface area contributed by atoms with E-state index in [0.29, 0.717) is 29.3 Å². The number of likely N-dealkylation sites (N-methyl/N-ethyl adjacent to an activating group) is 1. The Bertz CT molecular complexity index is 2140. The number of alkyl carbamates (subject to hydrolysis) is 1. The van der Waals surface area contributed by atoms with Gasteiger partial charge in [-0.05, 0) is 65.2 Å². The normalized spacial score (nSPS) is 28.5. The summed E-state index contributed by atoms with van der Waals surface area (Å²) in [5.74, 6) is -3.37. The van der Waals surface area contributed by atoms with Crippen molar-refractivity contribution in [1.29, 1.82) is 0 Å². The number of halogens is 1. The van der Waals surface area contributed by atoms with Crippen LogP contribution in [0.3, 0.4) is 0 Å². The van der Waals surface area contributed by atoms with Gasteiger partial charge in [0, 0.05) is 57.1 Å². The summed E-state index contributed by atoms with van der Waals surface area (Å²) in [6.07, 6.45) is 0.650. The Morgan fingerprint density at radius 1 is 1.09 bits per heavy atom. The number of carbonyl (C=O) groups is 7. The van der Waals surface area contributed by atoms with Crippen LogP contribution in [-0.2, 0) is 59.0 Å². The predicted octanol–water partition coefficient (Wildman–Crippen LogP) is 5.45. The lowest BCUT2D eigenvalue weighted by Gasteiger charge is -2.45. The van der Waals surface area contributed by atoms with Gasteiger partial charge in [-0.3, -0.25) is 24.5 Å². The zero-order chi connectivity index (χ0) is 49.1. The number of imide groups is 1. The molecule has 0 spiro atoms. The number of esters is 1. The van der Waals surface area contributed by atoms with Gasteiger partial charge in [0.25, 0.3) is 11.8 Å². The van der Waals surface area contributed by atoms with Crippen LogP contribution in [0.25, 0.3) is 0 Å². The topological polar surface area (TPSA) is 220 Å². The molecule has 3 saturated heterocycles. The summed E-state index contributed by atoms with van der Waals surface area (Å²) in [5, 5.41) is 15.1. The first-order valence-electron chi connectivity index (χ1n) is 21.5. The Balaban J connectivity index is 1.36. The van der Waals surface area contributed by atoms with Gasteiger partial charge in [0.05, 0.1) is 25.3 Å². The summed E-state index contributed by atoms with van der Waals surface area (Å²) in [5.41, 5.74) is -2.25. The zero-order valence-corrected chi connectivity index (χ0v) is 41.6. The molecule has 21 heteroatoms. The minimum Gasteiger partial charge on any atom is -0.495 e. The van der Waals surface area contributed by atoms with Crippen LogP contribution in [0, 0.1) is 5.41 Å². The minimum absolute atomic E-state index is 0.0100. The third kappa shape index (κ3) is 12.0. The molecule has 7 atom stereocenters. The van der Waals surface area contributed by atoms with Crippen molar-refractivity contribution in [2.45, 2.75) is 140 Å². The molecule has 5 amide bonds. The second kappa shape index (κ2) is 20.9. The summed E-state index contributed by atoms with van der Waals surface area (Å²) in [4.78, 5) is 98.6. The summed E-state index contributed by atoms with van der Waals surface area (Å²) in [7, 11) is 8.39. The van der Waals surface area contributed by atoms with Crippen LogP contribution in [0.5, 0.6) is 5.75 Å². The number of methoxy groups -OCH3 is 2. The van der Waals surface area contributed by atoms with E-state index in [4.69, 9.17) is 40.1 Å². The molecule has 0 radical (unpaired) electrons. The highest BCUT2D eigenvalue weighted by molar-refractivity contribution is 8.77. The standard InChI is InChI=1S/C45H61ClN4O14S2/c1-25-13-12-14-30(60-11)45(58)23-32(62-41(57)47-45)43(5,6)40-44(7,63-40)31(22-36(54)49(9)28-20-27(19-25)21-29(59-10)38(28)46)61-39(56)26(2)48(8)33(51)17-18-42(3,4)66-65-24-37(55)64-50-34(52)15-16-35(50)53/h12-14,20-21,26,30-32,40,58H,15-19,22-24H2,1-11H3,(H,47,57)/b14-12+,25-13+/t26-,30+,31-,32-,40-,44-,45-/m0/s1. The molecule has 0 unspecified atom stereocenters. The highest BCUT2D eigenvalue weighted by atomic mass is 35.5. The number of anilines is 1. The lowest BCUT2D eigenvalue weighted by atomic mass is 9.73. The highest BCUT2D eigenvalue weighted by Gasteiger charge is 2.68. The number of hydroxylamine groups is 2. The van der Waals surface area contributed by atoms with Gasteiger partial charge < -0.3 is 43.4 Å². The Morgan fingerprint density at radius 2 is 1.76 bits per heavy atom. The molecule has 364 valence electrons. The van der Waals surface area contributed by atoms with Gasteiger partial charge in [-0.25, -0.2) is 14.4 Å². The molecule has 1 aromatic carbocycles. The van der Waals surface area contributed by atoms with E-state index in [0.717, 1.165) is 21.9 Å². The number of amides is 5. The fraction of sp³-hybridized carbons (Fsp3) is 0.622. The Morgan fingerprint density at radius 3 is 2.39 bits per heavy atom. The zero-order valence-electron chi connectivity index (χ0n) is 39.2. The lowest BCUT2D eigenvalue weighted by Crippen LogP contribution is -2.65. The van der Waals surface area contributed by atoms with Crippen LogP contribution < -0.4 is 15.0 Å². The number of rotatable bonds is 13. The van der Waals surface area contributed by atoms with E-state index in [1.165, 1.54) is 48.8 Å². The number of epoxide rings is 1. The molecule has 3 fully saturated rings. The first-order chi connectivity index (χ1) is 30.8. The quantitative estimate of drug-likeness (QED) is 0.109. The number of aliphatic hydroxyl groups is 1. The van der Waals surface area contributed by atoms with Gasteiger partial charge in [-0.1, -0.05) is 70.8 Å². The van der Waals surface area contributed by atoms with Crippen molar-refractivity contribution in [3.05, 3.63) is 46.5 Å². The third-order valence-corrected chi connectivity index (χ3v) is 16.1. The number of fused-ring (bicyclic) bond motifs is 5. The molecule has 0 saturated carbocycles. The molecule has 18 nitrogen and oxygen atoms in total. The Hall–Kier alpha value is -4.34. The van der Waals surface area contributed by atoms with Gasteiger partial charge in [-0.15, -0.1) is 5.06 Å². The molecule has 66 heavy (non-hydrogen) atoms. The average Bonchev–Trinajstić information content (AvgIpc) is 3.88. The molecule has 2 N–H and O–H groups in total. The predicted molar refractivity (Wildman–Crippen MR) is 246 cm³/mol. The van der Waals surface area contributed by atoms with Crippen molar-refractivity contribution in [1.82, 2.24) is 15.3 Å². The third-order valence-electron chi connectivity index (χ3n) is 12.5. The molecule has 4 heterocycles. The molecule has 4 aliphatic heterocycles. The second-order valence-corrected chi connectivity index (χ2v) is 21.8. The van der Waals surface area contributed by atoms with Crippen molar-refractivity contribution >= 4 is 80.5 Å². The van der Waals surface area contributed by atoms with E-state index < -0.39 is 87.7 Å². The monoisotopic (exact) mass is 980 g/mol. The number of allylic oxidation sites excluding steroid dienone is 3. The van der Waals surface area contributed by atoms with Crippen molar-refractivity contribution < 1.29 is 67.2 Å². The van der Waals surface area contributed by atoms with Crippen LogP contribution in [-0.4, -0.2) is 137 Å². The fourth-order valence-electron chi connectivity index (χ4n) is 8.16. The minimum atomic E-state index is -1.90. The van der Waals surface area contributed by atoms with Gasteiger partial charge in [0.2, 0.25) is 11.8 Å². The van der Waals surface area contributed by atoms with Gasteiger partial charge in [0.1, 0.15) is 46.5 Å². The number of carbonyl (C=O) groups excluding carboxylic acids is 7. The maximum atomic E-state index is 14.4. The number of nitrogens with zero attached hydrogens (tertiary/aromatic N) is 3. The van der Waals surface area contributed by atoms with E-state index in [1.54, 1.807) is 52.1 Å². The number of benzene rings is 1. The molecule has 4 bridgehead atoms. The van der Waals surface area contributed by atoms with E-state index in [2.05, 4.69) is 5.32 Å². The highest BCUT2D eigenvalue weighted by Crippen LogP contribution is 2.55. The molecular weight excluding hydrogens is 920 g/mol. The summed E-state index contributed by atoms with van der Waals surface area (Å²) in [6, 6.07) is 2.43. The molecule has 4 aliphatic rings. The van der Waals surface area contributed by atoms with Crippen molar-refractivity contribution in [2.24, 2.45) is 5.41 Å². The maximum absolute atomic E-state index is 14.4. The summed E-state index contributed by atoms with van der Waals surface area (Å²) >= 11 is 6.81. The van der Waals surface area contributed by atoms with E-state index in [1.807, 2.05) is 26.8 Å². The molecular formula is C45H61ClN4O14S2. The van der Waals surface area contributed by atoms with Gasteiger partial charge >= 0.3 is 18.0 Å². The van der Waals surface area contributed by atoms with Crippen LogP contribution in [0.4, 0.5) is 10.5 Å². The first kappa shape index (κ1) is 52.6. The molecule has 0 aromatic heterocycles. The van der Waals surface area contributed by atoms with E-state index in [-0.39, 0.29) is 48.8 Å². The smallest absolute Gasteiger partial charge is 0.409 e. The van der Waals surface area contributed by atoms with Crippen LogP contribution in [0.15, 0.2) is 35.9 Å². The van der Waals surface area contributed by atoms with Crippen molar-refractivity contribution in [3.63, 3.8) is 0 Å². The first-order valence-corrected chi connectivity index (χ1v) is 24.2. The summed E-state index contributed by atoms with van der Waals surface area (Å²) in [6.45, 7) is 12.5. The van der Waals surface area contributed by atoms with Crippen molar-refractivity contribution in [2.75, 3.05) is 39.0 Å². The number of hydrogen-bond acceptors (Lipinski definition) is 16. The largest absolute Gasteiger partial charge is 0.495 e. The maximum Gasteiger partial charge on any atom is 0.409 e. The lowest BCUT2D eigenvalue weighted by molar-refractivity contribution is -0.195.